The summed E-state index contributed by atoms with van der Waals surface area (Å²) in [5.41, 5.74) is 0. The standard InChI is InChI=1S/C74H132O6/c1-4-7-10-13-16-19-22-25-28-30-31-32-33-34-35-36-37-38-39-40-41-42-43-45-46-49-52-55-58-61-64-67-73(76)79-70-71(69-78-72(75)66-63-60-57-54-51-48-27-24-21-18-15-12-9-6-3)80-74(77)68-65-62-59-56-53-50-47-44-29-26-23-20-17-14-11-8-5-2/h8,11,17,20,24,26-27,29,47,50,56,59,71H,4-7,9-10,12-16,18-19,21-23,25,28,30-46,48-49,51-55,57-58,60-70H2,1-3H3/b11-8-,20-17-,27-24-,29-26-,50-47-,59-56-. The molecule has 6 nitrogen and oxygen atoms in total. The van der Waals surface area contributed by atoms with Crippen molar-refractivity contribution in [2.45, 2.75) is 367 Å². The Kier molecular flexibility index (Phi) is 65.7. The van der Waals surface area contributed by atoms with Crippen molar-refractivity contribution in [3.63, 3.8) is 0 Å². The van der Waals surface area contributed by atoms with Gasteiger partial charge in [0.15, 0.2) is 6.10 Å². The number of esters is 3. The van der Waals surface area contributed by atoms with E-state index in [2.05, 4.69) is 93.7 Å². The molecule has 0 saturated heterocycles. The van der Waals surface area contributed by atoms with E-state index >= 15 is 0 Å². The highest BCUT2D eigenvalue weighted by atomic mass is 16.6. The lowest BCUT2D eigenvalue weighted by atomic mass is 10.0. The molecule has 0 radical (unpaired) electrons. The van der Waals surface area contributed by atoms with Crippen LogP contribution >= 0.6 is 0 Å². The Labute approximate surface area is 497 Å². The maximum atomic E-state index is 12.9. The van der Waals surface area contributed by atoms with E-state index in [1.807, 2.05) is 0 Å². The van der Waals surface area contributed by atoms with Crippen molar-refractivity contribution in [1.82, 2.24) is 0 Å². The van der Waals surface area contributed by atoms with Gasteiger partial charge in [-0.15, -0.1) is 0 Å². The number of allylic oxidation sites excluding steroid dienone is 12. The first-order valence-corrected chi connectivity index (χ1v) is 34.9. The van der Waals surface area contributed by atoms with E-state index in [1.165, 1.54) is 231 Å². The van der Waals surface area contributed by atoms with Crippen LogP contribution in [0.3, 0.4) is 0 Å². The SMILES string of the molecule is CC/C=C\C/C=C\C/C=C\C/C=C\C/C=C\CCCC(=O)OC(COC(=O)CCCCCCC/C=C\CCCCCCC)COC(=O)CCCCCCCCCCCCCCCCCCCCCCCCCCCCCCCCC. The average Bonchev–Trinajstić information content (AvgIpc) is 3.46. The summed E-state index contributed by atoms with van der Waals surface area (Å²) in [6.45, 7) is 6.51. The summed E-state index contributed by atoms with van der Waals surface area (Å²) in [4.78, 5) is 38.3. The minimum absolute atomic E-state index is 0.0977. The van der Waals surface area contributed by atoms with Crippen molar-refractivity contribution in [1.29, 1.82) is 0 Å². The molecule has 6 heteroatoms. The van der Waals surface area contributed by atoms with E-state index in [4.69, 9.17) is 14.2 Å². The topological polar surface area (TPSA) is 78.9 Å². The van der Waals surface area contributed by atoms with Crippen LogP contribution in [0.5, 0.6) is 0 Å². The van der Waals surface area contributed by atoms with E-state index in [-0.39, 0.29) is 37.5 Å². The number of rotatable bonds is 64. The van der Waals surface area contributed by atoms with Crippen LogP contribution in [0.2, 0.25) is 0 Å². The highest BCUT2D eigenvalue weighted by Gasteiger charge is 2.19. The predicted octanol–water partition coefficient (Wildman–Crippen LogP) is 24.1. The highest BCUT2D eigenvalue weighted by Crippen LogP contribution is 2.18. The van der Waals surface area contributed by atoms with Crippen molar-refractivity contribution in [2.24, 2.45) is 0 Å². The molecule has 0 rings (SSSR count). The third-order valence-corrected chi connectivity index (χ3v) is 15.4. The fraction of sp³-hybridized carbons (Fsp3) is 0.797. The second-order valence-corrected chi connectivity index (χ2v) is 23.4. The summed E-state index contributed by atoms with van der Waals surface area (Å²) >= 11 is 0. The van der Waals surface area contributed by atoms with E-state index < -0.39 is 6.10 Å². The first-order valence-electron chi connectivity index (χ1n) is 34.9. The zero-order valence-corrected chi connectivity index (χ0v) is 53.3. The summed E-state index contributed by atoms with van der Waals surface area (Å²) in [7, 11) is 0. The molecule has 0 fully saturated rings. The Bertz CT molecular complexity index is 1470. The van der Waals surface area contributed by atoms with Crippen LogP contribution in [0.15, 0.2) is 72.9 Å². The Balaban J connectivity index is 4.21. The molecule has 0 aliphatic rings. The maximum Gasteiger partial charge on any atom is 0.306 e. The summed E-state index contributed by atoms with van der Waals surface area (Å²) < 4.78 is 16.9. The average molecular weight is 1120 g/mol. The monoisotopic (exact) mass is 1120 g/mol. The van der Waals surface area contributed by atoms with Gasteiger partial charge in [0, 0.05) is 19.3 Å². The van der Waals surface area contributed by atoms with E-state index in [9.17, 15) is 14.4 Å². The zero-order valence-electron chi connectivity index (χ0n) is 53.3. The van der Waals surface area contributed by atoms with Gasteiger partial charge in [-0.1, -0.05) is 331 Å². The fourth-order valence-corrected chi connectivity index (χ4v) is 10.2. The van der Waals surface area contributed by atoms with Gasteiger partial charge in [-0.05, 0) is 83.5 Å². The Morgan fingerprint density at radius 2 is 0.500 bits per heavy atom. The smallest absolute Gasteiger partial charge is 0.306 e. The number of hydrogen-bond donors (Lipinski definition) is 0. The number of unbranched alkanes of at least 4 members (excludes halogenated alkanes) is 41. The highest BCUT2D eigenvalue weighted by molar-refractivity contribution is 5.71. The van der Waals surface area contributed by atoms with Gasteiger partial charge in [-0.3, -0.25) is 14.4 Å². The van der Waals surface area contributed by atoms with Crippen molar-refractivity contribution in [2.75, 3.05) is 13.2 Å². The lowest BCUT2D eigenvalue weighted by Gasteiger charge is -2.18. The van der Waals surface area contributed by atoms with Crippen molar-refractivity contribution in [3.05, 3.63) is 72.9 Å². The molecule has 1 unspecified atom stereocenters. The van der Waals surface area contributed by atoms with Crippen LogP contribution in [0.1, 0.15) is 361 Å². The second-order valence-electron chi connectivity index (χ2n) is 23.4. The van der Waals surface area contributed by atoms with Crippen LogP contribution in [0, 0.1) is 0 Å². The molecule has 0 aromatic carbocycles. The first kappa shape index (κ1) is 76.9. The Hall–Kier alpha value is -3.15. The third kappa shape index (κ3) is 65.7. The predicted molar refractivity (Wildman–Crippen MR) is 348 cm³/mol. The van der Waals surface area contributed by atoms with Gasteiger partial charge >= 0.3 is 17.9 Å². The Morgan fingerprint density at radius 1 is 0.263 bits per heavy atom. The molecule has 0 bridgehead atoms. The molecule has 0 spiro atoms. The molecule has 0 saturated carbocycles. The molecule has 0 aromatic heterocycles. The second kappa shape index (κ2) is 68.3. The third-order valence-electron chi connectivity index (χ3n) is 15.4. The van der Waals surface area contributed by atoms with Gasteiger partial charge in [0.1, 0.15) is 13.2 Å². The number of ether oxygens (including phenoxy) is 3. The van der Waals surface area contributed by atoms with Gasteiger partial charge in [-0.25, -0.2) is 0 Å². The number of carbonyl (C=O) groups excluding carboxylic acids is 3. The van der Waals surface area contributed by atoms with Crippen molar-refractivity contribution in [3.8, 4) is 0 Å². The van der Waals surface area contributed by atoms with E-state index in [0.717, 1.165) is 83.5 Å². The van der Waals surface area contributed by atoms with Crippen LogP contribution in [-0.2, 0) is 28.6 Å². The van der Waals surface area contributed by atoms with Gasteiger partial charge in [0.2, 0.25) is 0 Å². The molecule has 0 amide bonds. The molecule has 0 heterocycles. The summed E-state index contributed by atoms with van der Waals surface area (Å²) in [5.74, 6) is -0.949. The van der Waals surface area contributed by atoms with Crippen molar-refractivity contribution >= 4 is 17.9 Å². The maximum absolute atomic E-state index is 12.9. The van der Waals surface area contributed by atoms with E-state index in [1.54, 1.807) is 0 Å². The Morgan fingerprint density at radius 3 is 0.812 bits per heavy atom. The largest absolute Gasteiger partial charge is 0.462 e. The van der Waals surface area contributed by atoms with Crippen LogP contribution in [0.25, 0.3) is 0 Å². The van der Waals surface area contributed by atoms with Crippen LogP contribution in [0.4, 0.5) is 0 Å². The van der Waals surface area contributed by atoms with Crippen LogP contribution in [-0.4, -0.2) is 37.2 Å². The lowest BCUT2D eigenvalue weighted by molar-refractivity contribution is -0.167. The van der Waals surface area contributed by atoms with Crippen LogP contribution < -0.4 is 0 Å². The summed E-state index contributed by atoms with van der Waals surface area (Å²) in [6, 6.07) is 0. The van der Waals surface area contributed by atoms with Gasteiger partial charge in [-0.2, -0.15) is 0 Å². The molecule has 464 valence electrons. The van der Waals surface area contributed by atoms with Gasteiger partial charge in [0.25, 0.3) is 0 Å². The molecule has 0 aliphatic carbocycles. The minimum atomic E-state index is -0.809. The van der Waals surface area contributed by atoms with Gasteiger partial charge in [0.05, 0.1) is 0 Å². The summed E-state index contributed by atoms with van der Waals surface area (Å²) in [6.07, 6.45) is 89.6. The van der Waals surface area contributed by atoms with E-state index in [0.29, 0.717) is 19.3 Å². The number of hydrogen-bond acceptors (Lipinski definition) is 6. The summed E-state index contributed by atoms with van der Waals surface area (Å²) in [5, 5.41) is 0. The molecular weight excluding hydrogens is 985 g/mol. The molecule has 1 atom stereocenters. The minimum Gasteiger partial charge on any atom is -0.462 e. The molecule has 80 heavy (non-hydrogen) atoms. The quantitative estimate of drug-likeness (QED) is 0.0261. The zero-order chi connectivity index (χ0) is 57.8. The molecule has 0 N–H and O–H groups in total. The number of carbonyl (C=O) groups is 3. The molecule has 0 aliphatic heterocycles. The van der Waals surface area contributed by atoms with Crippen molar-refractivity contribution < 1.29 is 28.6 Å². The lowest BCUT2D eigenvalue weighted by Crippen LogP contribution is -2.30. The fourth-order valence-electron chi connectivity index (χ4n) is 10.2. The first-order chi connectivity index (χ1) is 39.5. The molecular formula is C74H132O6. The molecule has 0 aromatic rings. The normalized spacial score (nSPS) is 12.5. The van der Waals surface area contributed by atoms with Gasteiger partial charge < -0.3 is 14.2 Å².